The summed E-state index contributed by atoms with van der Waals surface area (Å²) >= 11 is 0. The number of ether oxygens (including phenoxy) is 1. The Morgan fingerprint density at radius 3 is 2.55 bits per heavy atom. The quantitative estimate of drug-likeness (QED) is 0.372. The van der Waals surface area contributed by atoms with E-state index in [1.54, 1.807) is 0 Å². The van der Waals surface area contributed by atoms with Gasteiger partial charge in [0.05, 0.1) is 23.0 Å². The van der Waals surface area contributed by atoms with Crippen molar-refractivity contribution in [2.45, 2.75) is 18.0 Å². The number of hydrogen-bond acceptors (Lipinski definition) is 8. The van der Waals surface area contributed by atoms with Crippen LogP contribution in [0, 0.1) is 10.1 Å². The first kappa shape index (κ1) is 25.1. The van der Waals surface area contributed by atoms with Crippen molar-refractivity contribution in [3.8, 4) is 0 Å². The molecule has 2 aromatic rings. The summed E-state index contributed by atoms with van der Waals surface area (Å²) in [5, 5.41) is 14.7. The molecule has 0 bridgehead atoms. The second-order valence-electron chi connectivity index (χ2n) is 8.20. The van der Waals surface area contributed by atoms with Crippen molar-refractivity contribution in [1.29, 1.82) is 0 Å². The van der Waals surface area contributed by atoms with Crippen LogP contribution >= 0.6 is 0 Å². The molecule has 2 aromatic carbocycles. The van der Waals surface area contributed by atoms with Crippen LogP contribution in [0.5, 0.6) is 0 Å². The Morgan fingerprint density at radius 1 is 1.12 bits per heavy atom. The van der Waals surface area contributed by atoms with E-state index >= 15 is 0 Å². The van der Waals surface area contributed by atoms with Crippen molar-refractivity contribution >= 4 is 21.4 Å². The van der Waals surface area contributed by atoms with Crippen LogP contribution in [0.25, 0.3) is 0 Å². The van der Waals surface area contributed by atoms with E-state index in [4.69, 9.17) is 4.74 Å². The molecule has 2 N–H and O–H groups in total. The maximum Gasteiger partial charge on any atom is 0.293 e. The topological polar surface area (TPSA) is 117 Å². The number of hydrogen-bond donors (Lipinski definition) is 2. The van der Waals surface area contributed by atoms with Crippen LogP contribution in [0.2, 0.25) is 0 Å². The number of benzene rings is 2. The zero-order chi connectivity index (χ0) is 23.8. The minimum absolute atomic E-state index is 0.133. The fraction of sp³-hybridized carbons (Fsp3) is 0.455. The third-order valence-corrected chi connectivity index (χ3v) is 6.77. The molecule has 1 heterocycles. The van der Waals surface area contributed by atoms with E-state index in [9.17, 15) is 18.5 Å². The summed E-state index contributed by atoms with van der Waals surface area (Å²) in [6.07, 6.45) is 0. The average Bonchev–Trinajstić information content (AvgIpc) is 2.78. The molecule has 0 radical (unpaired) electrons. The predicted octanol–water partition coefficient (Wildman–Crippen LogP) is 1.88. The van der Waals surface area contributed by atoms with Gasteiger partial charge in [0.25, 0.3) is 5.69 Å². The summed E-state index contributed by atoms with van der Waals surface area (Å²) in [5.74, 6) is 0. The summed E-state index contributed by atoms with van der Waals surface area (Å²) in [7, 11) is -0.176. The lowest BCUT2D eigenvalue weighted by Crippen LogP contribution is -2.35. The number of anilines is 1. The van der Waals surface area contributed by atoms with Crippen LogP contribution in [0.1, 0.15) is 11.1 Å². The molecule has 33 heavy (non-hydrogen) atoms. The monoisotopic (exact) mass is 477 g/mol. The highest BCUT2D eigenvalue weighted by Gasteiger charge is 2.21. The number of nitrogens with zero attached hydrogens (tertiary/aromatic N) is 3. The normalized spacial score (nSPS) is 15.0. The van der Waals surface area contributed by atoms with E-state index in [0.29, 0.717) is 13.1 Å². The summed E-state index contributed by atoms with van der Waals surface area (Å²) in [6, 6.07) is 12.0. The van der Waals surface area contributed by atoms with Gasteiger partial charge in [0.2, 0.25) is 10.0 Å². The number of sulfonamides is 1. The molecular weight excluding hydrogens is 446 g/mol. The van der Waals surface area contributed by atoms with Gasteiger partial charge in [0, 0.05) is 45.3 Å². The zero-order valence-corrected chi connectivity index (χ0v) is 19.8. The van der Waals surface area contributed by atoms with Crippen LogP contribution in [-0.2, 0) is 27.8 Å². The first-order valence-electron chi connectivity index (χ1n) is 10.8. The van der Waals surface area contributed by atoms with Gasteiger partial charge in [0.15, 0.2) is 0 Å². The molecule has 0 unspecified atom stereocenters. The maximum absolute atomic E-state index is 12.5. The highest BCUT2D eigenvalue weighted by Crippen LogP contribution is 2.28. The van der Waals surface area contributed by atoms with Gasteiger partial charge in [-0.25, -0.2) is 13.1 Å². The van der Waals surface area contributed by atoms with Crippen LogP contribution in [0.3, 0.4) is 0 Å². The number of nitro benzene ring substituents is 1. The second kappa shape index (κ2) is 11.5. The Labute approximate surface area is 194 Å². The Hall–Kier alpha value is -2.57. The van der Waals surface area contributed by atoms with E-state index in [2.05, 4.69) is 27.1 Å². The predicted molar refractivity (Wildman–Crippen MR) is 127 cm³/mol. The van der Waals surface area contributed by atoms with Crippen molar-refractivity contribution < 1.29 is 18.1 Å². The maximum atomic E-state index is 12.5. The largest absolute Gasteiger partial charge is 0.379 e. The Bertz CT molecular complexity index is 1050. The highest BCUT2D eigenvalue weighted by atomic mass is 32.2. The Morgan fingerprint density at radius 2 is 1.85 bits per heavy atom. The van der Waals surface area contributed by atoms with Crippen molar-refractivity contribution in [2.75, 3.05) is 58.8 Å². The van der Waals surface area contributed by atoms with E-state index in [0.717, 1.165) is 50.0 Å². The molecule has 0 aliphatic carbocycles. The smallest absolute Gasteiger partial charge is 0.293 e. The first-order valence-corrected chi connectivity index (χ1v) is 12.3. The first-order chi connectivity index (χ1) is 15.7. The summed E-state index contributed by atoms with van der Waals surface area (Å²) in [4.78, 5) is 15.1. The molecular formula is C22H31N5O5S. The Balaban J connectivity index is 1.68. The van der Waals surface area contributed by atoms with Crippen molar-refractivity contribution in [3.63, 3.8) is 0 Å². The van der Waals surface area contributed by atoms with Crippen molar-refractivity contribution in [2.24, 2.45) is 0 Å². The zero-order valence-electron chi connectivity index (χ0n) is 19.0. The summed E-state index contributed by atoms with van der Waals surface area (Å²) in [6.45, 7) is 5.21. The molecule has 1 fully saturated rings. The molecule has 0 spiro atoms. The lowest BCUT2D eigenvalue weighted by Gasteiger charge is -2.26. The minimum Gasteiger partial charge on any atom is -0.379 e. The molecule has 0 amide bonds. The van der Waals surface area contributed by atoms with Gasteiger partial charge in [-0.2, -0.15) is 0 Å². The van der Waals surface area contributed by atoms with Gasteiger partial charge >= 0.3 is 0 Å². The number of likely N-dealkylation sites (N-methyl/N-ethyl adjacent to an activating group) is 1. The highest BCUT2D eigenvalue weighted by molar-refractivity contribution is 7.89. The van der Waals surface area contributed by atoms with Crippen LogP contribution in [0.15, 0.2) is 47.4 Å². The molecule has 1 aliphatic heterocycles. The second-order valence-corrected chi connectivity index (χ2v) is 9.97. The molecule has 10 nitrogen and oxygen atoms in total. The summed E-state index contributed by atoms with van der Waals surface area (Å²) < 4.78 is 32.8. The van der Waals surface area contributed by atoms with Crippen molar-refractivity contribution in [1.82, 2.24) is 14.5 Å². The van der Waals surface area contributed by atoms with Crippen LogP contribution < -0.4 is 10.0 Å². The van der Waals surface area contributed by atoms with Gasteiger partial charge in [-0.1, -0.05) is 24.3 Å². The molecule has 1 aliphatic rings. The Kier molecular flexibility index (Phi) is 8.75. The molecule has 0 saturated carbocycles. The molecule has 11 heteroatoms. The third-order valence-electron chi connectivity index (χ3n) is 5.31. The molecule has 1 saturated heterocycles. The van der Waals surface area contributed by atoms with E-state index in [-0.39, 0.29) is 22.8 Å². The fourth-order valence-corrected chi connectivity index (χ4v) is 4.56. The SMILES string of the molecule is CN(C)CCNS(=O)(=O)c1ccc(NCc2cccc(CN3CCOCC3)c2)c([N+](=O)[O-])c1. The van der Waals surface area contributed by atoms with Crippen molar-refractivity contribution in [3.05, 3.63) is 63.7 Å². The lowest BCUT2D eigenvalue weighted by atomic mass is 10.1. The lowest BCUT2D eigenvalue weighted by molar-refractivity contribution is -0.384. The standard InChI is InChI=1S/C22H31N5O5S/c1-25(2)9-8-24-33(30,31)20-6-7-21(22(15-20)27(28)29)23-16-18-4-3-5-19(14-18)17-26-10-12-32-13-11-26/h3-7,14-15,23-24H,8-13,16-17H2,1-2H3. The number of morpholine rings is 1. The molecule has 0 aromatic heterocycles. The molecule has 0 atom stereocenters. The number of rotatable bonds is 11. The average molecular weight is 478 g/mol. The van der Waals surface area contributed by atoms with Gasteiger partial charge in [-0.15, -0.1) is 0 Å². The van der Waals surface area contributed by atoms with E-state index in [1.807, 2.05) is 31.1 Å². The van der Waals surface area contributed by atoms with Gasteiger partial charge < -0.3 is 15.0 Å². The van der Waals surface area contributed by atoms with Gasteiger partial charge in [-0.3, -0.25) is 15.0 Å². The van der Waals surface area contributed by atoms with E-state index in [1.165, 1.54) is 12.1 Å². The number of nitrogens with one attached hydrogen (secondary N) is 2. The third kappa shape index (κ3) is 7.47. The van der Waals surface area contributed by atoms with Gasteiger partial charge in [0.1, 0.15) is 5.69 Å². The number of nitro groups is 1. The molecule has 180 valence electrons. The minimum atomic E-state index is -3.84. The molecule has 3 rings (SSSR count). The van der Waals surface area contributed by atoms with Gasteiger partial charge in [-0.05, 0) is 37.4 Å². The van der Waals surface area contributed by atoms with Crippen LogP contribution in [0.4, 0.5) is 11.4 Å². The van der Waals surface area contributed by atoms with E-state index < -0.39 is 14.9 Å². The fourth-order valence-electron chi connectivity index (χ4n) is 3.52. The summed E-state index contributed by atoms with van der Waals surface area (Å²) in [5.41, 5.74) is 2.13. The van der Waals surface area contributed by atoms with Crippen LogP contribution in [-0.4, -0.2) is 76.6 Å².